The zero-order valence-electron chi connectivity index (χ0n) is 10.4. The molecule has 104 valence electrons. The van der Waals surface area contributed by atoms with Crippen molar-refractivity contribution in [3.8, 4) is 11.5 Å². The number of nitrogens with zero attached hydrogens (tertiary/aromatic N) is 2. The van der Waals surface area contributed by atoms with Gasteiger partial charge in [0.15, 0.2) is 11.7 Å². The second kappa shape index (κ2) is 5.52. The first-order chi connectivity index (χ1) is 9.40. The van der Waals surface area contributed by atoms with Crippen molar-refractivity contribution in [2.24, 2.45) is 16.5 Å². The van der Waals surface area contributed by atoms with Gasteiger partial charge in [-0.15, -0.1) is 0 Å². The summed E-state index contributed by atoms with van der Waals surface area (Å²) in [5.41, 5.74) is 10.8. The third-order valence-electron chi connectivity index (χ3n) is 2.41. The zero-order chi connectivity index (χ0) is 14.9. The minimum atomic E-state index is -0.685. The Labute approximate surface area is 124 Å². The zero-order valence-corrected chi connectivity index (χ0v) is 11.9. The molecule has 4 N–H and O–H groups in total. The smallest absolute Gasteiger partial charge is 0.302 e. The van der Waals surface area contributed by atoms with Crippen LogP contribution in [0.5, 0.6) is 0 Å². The van der Waals surface area contributed by atoms with Gasteiger partial charge in [-0.2, -0.15) is 4.99 Å². The van der Waals surface area contributed by atoms with E-state index in [-0.39, 0.29) is 28.3 Å². The molecule has 0 unspecified atom stereocenters. The molecule has 1 aromatic heterocycles. The molecular weight excluding hydrogens is 303 g/mol. The third kappa shape index (κ3) is 2.76. The molecule has 0 radical (unpaired) electrons. The Morgan fingerprint density at radius 3 is 2.70 bits per heavy atom. The molecule has 2 aromatic rings. The Balaban J connectivity index is 2.49. The Morgan fingerprint density at radius 2 is 2.05 bits per heavy atom. The fourth-order valence-corrected chi connectivity index (χ4v) is 1.93. The van der Waals surface area contributed by atoms with E-state index in [1.54, 1.807) is 25.1 Å². The molecule has 20 heavy (non-hydrogen) atoms. The summed E-state index contributed by atoms with van der Waals surface area (Å²) in [6, 6.07) is 5.00. The van der Waals surface area contributed by atoms with Gasteiger partial charge in [0.1, 0.15) is 5.76 Å². The van der Waals surface area contributed by atoms with E-state index in [0.717, 1.165) is 0 Å². The summed E-state index contributed by atoms with van der Waals surface area (Å²) in [5, 5.41) is 0.647. The van der Waals surface area contributed by atoms with Crippen LogP contribution in [0.2, 0.25) is 10.0 Å². The molecule has 1 amide bonds. The van der Waals surface area contributed by atoms with E-state index in [9.17, 15) is 4.79 Å². The maximum Gasteiger partial charge on any atom is 0.302 e. The number of benzene rings is 1. The molecule has 0 bridgehead atoms. The highest BCUT2D eigenvalue weighted by molar-refractivity contribution is 6.43. The molecule has 0 fully saturated rings. The van der Waals surface area contributed by atoms with Crippen molar-refractivity contribution < 1.29 is 9.21 Å². The van der Waals surface area contributed by atoms with Gasteiger partial charge in [-0.05, 0) is 19.1 Å². The van der Waals surface area contributed by atoms with Gasteiger partial charge in [0.2, 0.25) is 5.89 Å². The summed E-state index contributed by atoms with van der Waals surface area (Å²) >= 11 is 12.0. The van der Waals surface area contributed by atoms with Crippen molar-refractivity contribution in [2.75, 3.05) is 0 Å². The second-order valence-corrected chi connectivity index (χ2v) is 4.65. The summed E-state index contributed by atoms with van der Waals surface area (Å²) in [6.07, 6.45) is 0. The van der Waals surface area contributed by atoms with Crippen molar-refractivity contribution in [3.05, 3.63) is 39.7 Å². The number of guanidine groups is 1. The number of halogens is 2. The highest BCUT2D eigenvalue weighted by atomic mass is 35.5. The van der Waals surface area contributed by atoms with Crippen LogP contribution in [0.1, 0.15) is 16.2 Å². The van der Waals surface area contributed by atoms with Gasteiger partial charge in [-0.3, -0.25) is 4.79 Å². The van der Waals surface area contributed by atoms with Crippen LogP contribution in [0.3, 0.4) is 0 Å². The number of carbonyl (C=O) groups is 1. The van der Waals surface area contributed by atoms with E-state index < -0.39 is 5.91 Å². The predicted molar refractivity (Wildman–Crippen MR) is 76.8 cm³/mol. The minimum Gasteiger partial charge on any atom is -0.441 e. The molecular formula is C12H10Cl2N4O2. The first-order valence-corrected chi connectivity index (χ1v) is 6.21. The van der Waals surface area contributed by atoms with Crippen molar-refractivity contribution in [1.82, 2.24) is 4.98 Å². The standard InChI is InChI=1S/C12H10Cl2N4O2/c1-5-9(10(19)18-12(15)16)17-11(20-5)6-3-2-4-7(13)8(6)14/h2-4H,1H3,(H4,15,16,18,19). The van der Waals surface area contributed by atoms with E-state index >= 15 is 0 Å². The van der Waals surface area contributed by atoms with Crippen LogP contribution in [-0.4, -0.2) is 16.9 Å². The fourth-order valence-electron chi connectivity index (χ4n) is 1.55. The van der Waals surface area contributed by atoms with Gasteiger partial charge in [0.05, 0.1) is 15.6 Å². The normalized spacial score (nSPS) is 10.3. The van der Waals surface area contributed by atoms with Crippen molar-refractivity contribution in [3.63, 3.8) is 0 Å². The Hall–Kier alpha value is -2.05. The van der Waals surface area contributed by atoms with Crippen LogP contribution < -0.4 is 11.5 Å². The summed E-state index contributed by atoms with van der Waals surface area (Å²) in [4.78, 5) is 19.2. The van der Waals surface area contributed by atoms with Crippen LogP contribution in [-0.2, 0) is 0 Å². The molecule has 0 aliphatic heterocycles. The maximum atomic E-state index is 11.7. The summed E-state index contributed by atoms with van der Waals surface area (Å²) < 4.78 is 5.41. The van der Waals surface area contributed by atoms with E-state index in [4.69, 9.17) is 39.1 Å². The molecule has 8 heteroatoms. The molecule has 0 atom stereocenters. The Kier molecular flexibility index (Phi) is 3.96. The average Bonchev–Trinajstić information content (AvgIpc) is 2.74. The predicted octanol–water partition coefficient (Wildman–Crippen LogP) is 2.37. The molecule has 0 spiro atoms. The van der Waals surface area contributed by atoms with Crippen LogP contribution >= 0.6 is 23.2 Å². The van der Waals surface area contributed by atoms with Gasteiger partial charge >= 0.3 is 5.91 Å². The quantitative estimate of drug-likeness (QED) is 0.653. The number of carbonyl (C=O) groups excluding carboxylic acids is 1. The lowest BCUT2D eigenvalue weighted by molar-refractivity contribution is 0.0997. The van der Waals surface area contributed by atoms with Gasteiger partial charge in [-0.25, -0.2) is 4.98 Å². The number of aromatic nitrogens is 1. The van der Waals surface area contributed by atoms with Crippen molar-refractivity contribution in [1.29, 1.82) is 0 Å². The number of hydrogen-bond acceptors (Lipinski definition) is 3. The van der Waals surface area contributed by atoms with E-state index in [0.29, 0.717) is 10.6 Å². The number of rotatable bonds is 2. The number of oxazole rings is 1. The van der Waals surface area contributed by atoms with E-state index in [1.807, 2.05) is 0 Å². The van der Waals surface area contributed by atoms with Gasteiger partial charge in [-0.1, -0.05) is 29.3 Å². The summed E-state index contributed by atoms with van der Waals surface area (Å²) in [7, 11) is 0. The molecule has 0 saturated carbocycles. The molecule has 1 aromatic carbocycles. The van der Waals surface area contributed by atoms with Crippen molar-refractivity contribution >= 4 is 35.1 Å². The molecule has 6 nitrogen and oxygen atoms in total. The number of nitrogens with two attached hydrogens (primary N) is 2. The third-order valence-corrected chi connectivity index (χ3v) is 3.23. The first-order valence-electron chi connectivity index (χ1n) is 5.46. The molecule has 0 aliphatic rings. The summed E-state index contributed by atoms with van der Waals surface area (Å²) in [5.74, 6) is -0.578. The fraction of sp³-hybridized carbons (Fsp3) is 0.0833. The van der Waals surface area contributed by atoms with Crippen LogP contribution in [0, 0.1) is 6.92 Å². The molecule has 2 rings (SSSR count). The van der Waals surface area contributed by atoms with Crippen LogP contribution in [0.15, 0.2) is 27.6 Å². The number of aliphatic imine (C=N–C) groups is 1. The number of aryl methyl sites for hydroxylation is 1. The van der Waals surface area contributed by atoms with Gasteiger partial charge < -0.3 is 15.9 Å². The number of amides is 1. The van der Waals surface area contributed by atoms with Crippen LogP contribution in [0.4, 0.5) is 0 Å². The van der Waals surface area contributed by atoms with Crippen LogP contribution in [0.25, 0.3) is 11.5 Å². The Bertz CT molecular complexity index is 705. The second-order valence-electron chi connectivity index (χ2n) is 3.87. The van der Waals surface area contributed by atoms with Gasteiger partial charge in [0.25, 0.3) is 0 Å². The monoisotopic (exact) mass is 312 g/mol. The number of hydrogen-bond donors (Lipinski definition) is 2. The minimum absolute atomic E-state index is 0.0180. The van der Waals surface area contributed by atoms with E-state index in [2.05, 4.69) is 9.98 Å². The first kappa shape index (κ1) is 14.4. The molecule has 0 saturated heterocycles. The molecule has 0 aliphatic carbocycles. The lowest BCUT2D eigenvalue weighted by atomic mass is 10.2. The maximum absolute atomic E-state index is 11.7. The highest BCUT2D eigenvalue weighted by Gasteiger charge is 2.19. The molecule has 1 heterocycles. The largest absolute Gasteiger partial charge is 0.441 e. The SMILES string of the molecule is Cc1oc(-c2cccc(Cl)c2Cl)nc1C(=O)N=C(N)N. The lowest BCUT2D eigenvalue weighted by Crippen LogP contribution is -2.24. The van der Waals surface area contributed by atoms with Gasteiger partial charge in [0, 0.05) is 0 Å². The average molecular weight is 313 g/mol. The van der Waals surface area contributed by atoms with Crippen molar-refractivity contribution in [2.45, 2.75) is 6.92 Å². The lowest BCUT2D eigenvalue weighted by Gasteiger charge is -2.00. The van der Waals surface area contributed by atoms with E-state index in [1.165, 1.54) is 0 Å². The topological polar surface area (TPSA) is 108 Å². The highest BCUT2D eigenvalue weighted by Crippen LogP contribution is 2.33. The Morgan fingerprint density at radius 1 is 1.35 bits per heavy atom. The summed E-state index contributed by atoms with van der Waals surface area (Å²) in [6.45, 7) is 1.57.